The smallest absolute Gasteiger partial charge is 0.333 e. The first-order valence-electron chi connectivity index (χ1n) is 5.30. The number of unbranched alkanes of at least 4 members (excludes halogenated alkanes) is 1. The monoisotopic (exact) mass is 244 g/mol. The first-order chi connectivity index (χ1) is 7.46. The zero-order chi connectivity index (χ0) is 12.2. The van der Waals surface area contributed by atoms with Crippen molar-refractivity contribution in [1.29, 1.82) is 0 Å². The van der Waals surface area contributed by atoms with Gasteiger partial charge in [0.1, 0.15) is 5.75 Å². The maximum atomic E-state index is 11.4. The van der Waals surface area contributed by atoms with Gasteiger partial charge in [-0.25, -0.2) is 0 Å². The van der Waals surface area contributed by atoms with E-state index in [9.17, 15) is 19.5 Å². The molecule has 5 heteroatoms. The van der Waals surface area contributed by atoms with Crippen molar-refractivity contribution in [2.24, 2.45) is 0 Å². The summed E-state index contributed by atoms with van der Waals surface area (Å²) in [6.45, 7) is 1.96. The number of rotatable bonds is 5. The molecule has 0 aromatic heterocycles. The summed E-state index contributed by atoms with van der Waals surface area (Å²) in [4.78, 5) is 18.6. The van der Waals surface area contributed by atoms with Crippen molar-refractivity contribution >= 4 is 7.60 Å². The highest BCUT2D eigenvalue weighted by Gasteiger charge is 2.31. The zero-order valence-corrected chi connectivity index (χ0v) is 10.1. The lowest BCUT2D eigenvalue weighted by Crippen LogP contribution is -2.00. The lowest BCUT2D eigenvalue weighted by Gasteiger charge is -2.19. The maximum Gasteiger partial charge on any atom is 0.333 e. The topological polar surface area (TPSA) is 77.8 Å². The van der Waals surface area contributed by atoms with Crippen molar-refractivity contribution in [3.05, 3.63) is 29.8 Å². The van der Waals surface area contributed by atoms with Crippen LogP contribution >= 0.6 is 7.60 Å². The molecule has 4 nitrogen and oxygen atoms in total. The lowest BCUT2D eigenvalue weighted by atomic mass is 10.1. The normalized spacial score (nSPS) is 13.7. The number of phenols is 1. The molecule has 3 N–H and O–H groups in total. The minimum absolute atomic E-state index is 0.0491. The molecular weight excluding hydrogens is 227 g/mol. The van der Waals surface area contributed by atoms with Crippen molar-refractivity contribution in [2.75, 3.05) is 0 Å². The summed E-state index contributed by atoms with van der Waals surface area (Å²) in [6.07, 6.45) is 1.98. The first-order valence-corrected chi connectivity index (χ1v) is 6.98. The third kappa shape index (κ3) is 3.34. The molecule has 90 valence electrons. The predicted octanol–water partition coefficient (Wildman–Crippen LogP) is 2.80. The van der Waals surface area contributed by atoms with Gasteiger partial charge in [0.2, 0.25) is 0 Å². The second-order valence-corrected chi connectivity index (χ2v) is 5.61. The van der Waals surface area contributed by atoms with E-state index in [-0.39, 0.29) is 5.75 Å². The fourth-order valence-electron chi connectivity index (χ4n) is 1.67. The molecule has 0 fully saturated rings. The molecule has 0 amide bonds. The molecule has 1 atom stereocenters. The van der Waals surface area contributed by atoms with Crippen molar-refractivity contribution in [2.45, 2.75) is 31.8 Å². The van der Waals surface area contributed by atoms with Crippen molar-refractivity contribution < 1.29 is 19.5 Å². The van der Waals surface area contributed by atoms with E-state index >= 15 is 0 Å². The molecule has 1 aromatic carbocycles. The molecule has 0 heterocycles. The highest BCUT2D eigenvalue weighted by atomic mass is 31.2. The molecule has 0 radical (unpaired) electrons. The number of hydrogen-bond acceptors (Lipinski definition) is 2. The molecule has 0 saturated carbocycles. The maximum absolute atomic E-state index is 11.4. The van der Waals surface area contributed by atoms with E-state index in [1.807, 2.05) is 6.92 Å². The number of aromatic hydroxyl groups is 1. The predicted molar refractivity (Wildman–Crippen MR) is 62.4 cm³/mol. The van der Waals surface area contributed by atoms with Crippen LogP contribution in [0.4, 0.5) is 0 Å². The van der Waals surface area contributed by atoms with E-state index in [2.05, 4.69) is 0 Å². The van der Waals surface area contributed by atoms with Gasteiger partial charge < -0.3 is 14.9 Å². The van der Waals surface area contributed by atoms with Crippen LogP contribution in [0.25, 0.3) is 0 Å². The molecule has 0 spiro atoms. The molecule has 1 unspecified atom stereocenters. The van der Waals surface area contributed by atoms with Crippen LogP contribution in [0.5, 0.6) is 5.75 Å². The van der Waals surface area contributed by atoms with Gasteiger partial charge in [-0.15, -0.1) is 0 Å². The fraction of sp³-hybridized carbons (Fsp3) is 0.455. The van der Waals surface area contributed by atoms with Gasteiger partial charge in [0.15, 0.2) is 0 Å². The number of benzene rings is 1. The minimum Gasteiger partial charge on any atom is -0.508 e. The molecule has 0 aliphatic rings. The number of hydrogen-bond donors (Lipinski definition) is 3. The van der Waals surface area contributed by atoms with Crippen molar-refractivity contribution in [3.63, 3.8) is 0 Å². The van der Waals surface area contributed by atoms with Gasteiger partial charge in [-0.05, 0) is 12.5 Å². The van der Waals surface area contributed by atoms with Crippen molar-refractivity contribution in [1.82, 2.24) is 0 Å². The molecule has 0 saturated heterocycles. The van der Waals surface area contributed by atoms with Crippen LogP contribution < -0.4 is 0 Å². The molecule has 0 bridgehead atoms. The van der Waals surface area contributed by atoms with Gasteiger partial charge in [0.05, 0.1) is 5.66 Å². The standard InChI is InChI=1S/C11H17O4P/c1-2-3-8-11(16(13,14)15)9-6-4-5-7-10(9)12/h4-7,11-12H,2-3,8H2,1H3,(H2,13,14,15). The highest BCUT2D eigenvalue weighted by Crippen LogP contribution is 2.55. The van der Waals surface area contributed by atoms with Crippen LogP contribution in [0.15, 0.2) is 24.3 Å². The van der Waals surface area contributed by atoms with E-state index in [0.717, 1.165) is 12.8 Å². The number of para-hydroxylation sites is 1. The molecule has 1 aromatic rings. The largest absolute Gasteiger partial charge is 0.508 e. The second-order valence-electron chi connectivity index (χ2n) is 3.81. The summed E-state index contributed by atoms with van der Waals surface area (Å²) < 4.78 is 11.4. The van der Waals surface area contributed by atoms with Crippen LogP contribution in [-0.4, -0.2) is 14.9 Å². The van der Waals surface area contributed by atoms with Gasteiger partial charge >= 0.3 is 7.60 Å². The third-order valence-electron chi connectivity index (χ3n) is 2.53. The summed E-state index contributed by atoms with van der Waals surface area (Å²) in [6, 6.07) is 6.32. The molecule has 1 rings (SSSR count). The van der Waals surface area contributed by atoms with Crippen LogP contribution in [0.2, 0.25) is 0 Å². The Morgan fingerprint density at radius 3 is 2.44 bits per heavy atom. The van der Waals surface area contributed by atoms with Crippen LogP contribution in [0, 0.1) is 0 Å². The van der Waals surface area contributed by atoms with Crippen LogP contribution in [-0.2, 0) is 4.57 Å². The fourth-order valence-corrected chi connectivity index (χ4v) is 2.77. The summed E-state index contributed by atoms with van der Waals surface area (Å²) in [5.74, 6) is -0.0491. The molecule has 0 aliphatic heterocycles. The first kappa shape index (κ1) is 13.2. The van der Waals surface area contributed by atoms with E-state index < -0.39 is 13.3 Å². The Morgan fingerprint density at radius 2 is 1.94 bits per heavy atom. The Hall–Kier alpha value is -0.830. The summed E-state index contributed by atoms with van der Waals surface area (Å²) in [5, 5.41) is 9.60. The Bertz CT molecular complexity index is 385. The van der Waals surface area contributed by atoms with Gasteiger partial charge in [-0.2, -0.15) is 0 Å². The van der Waals surface area contributed by atoms with Gasteiger partial charge in [-0.1, -0.05) is 38.0 Å². The summed E-state index contributed by atoms with van der Waals surface area (Å²) >= 11 is 0. The quantitative estimate of drug-likeness (QED) is 0.696. The van der Waals surface area contributed by atoms with Crippen LogP contribution in [0.3, 0.4) is 0 Å². The Kier molecular flexibility index (Phi) is 4.54. The van der Waals surface area contributed by atoms with Gasteiger partial charge in [0.25, 0.3) is 0 Å². The molecule has 0 aliphatic carbocycles. The Balaban J connectivity index is 3.02. The lowest BCUT2D eigenvalue weighted by molar-refractivity contribution is 0.351. The van der Waals surface area contributed by atoms with E-state index in [4.69, 9.17) is 0 Å². The number of phenolic OH excluding ortho intramolecular Hbond substituents is 1. The third-order valence-corrected chi connectivity index (χ3v) is 3.88. The minimum atomic E-state index is -4.21. The van der Waals surface area contributed by atoms with E-state index in [1.165, 1.54) is 6.07 Å². The molecular formula is C11H17O4P. The van der Waals surface area contributed by atoms with E-state index in [1.54, 1.807) is 18.2 Å². The second kappa shape index (κ2) is 5.48. The summed E-state index contributed by atoms with van der Waals surface area (Å²) in [7, 11) is -4.21. The van der Waals surface area contributed by atoms with Gasteiger partial charge in [0, 0.05) is 5.56 Å². The SMILES string of the molecule is CCCCC(c1ccccc1O)P(=O)(O)O. The zero-order valence-electron chi connectivity index (χ0n) is 9.21. The summed E-state index contributed by atoms with van der Waals surface area (Å²) in [5.41, 5.74) is -0.557. The van der Waals surface area contributed by atoms with Gasteiger partial charge in [-0.3, -0.25) is 4.57 Å². The molecule has 16 heavy (non-hydrogen) atoms. The average Bonchev–Trinajstić information content (AvgIpc) is 2.19. The van der Waals surface area contributed by atoms with E-state index in [0.29, 0.717) is 12.0 Å². The Labute approximate surface area is 95.1 Å². The Morgan fingerprint density at radius 1 is 1.31 bits per heavy atom. The highest BCUT2D eigenvalue weighted by molar-refractivity contribution is 7.52. The average molecular weight is 244 g/mol. The van der Waals surface area contributed by atoms with Crippen LogP contribution in [0.1, 0.15) is 37.4 Å². The van der Waals surface area contributed by atoms with Crippen molar-refractivity contribution in [3.8, 4) is 5.75 Å².